The predicted octanol–water partition coefficient (Wildman–Crippen LogP) is 3.70. The van der Waals surface area contributed by atoms with Crippen LogP contribution in [0.4, 0.5) is 0 Å². The van der Waals surface area contributed by atoms with Crippen molar-refractivity contribution in [2.24, 2.45) is 5.16 Å². The van der Waals surface area contributed by atoms with Crippen LogP contribution >= 0.6 is 63.7 Å². The Morgan fingerprint density at radius 3 is 2.64 bits per heavy atom. The van der Waals surface area contributed by atoms with Crippen LogP contribution in [0.25, 0.3) is 0 Å². The number of methoxy groups -OCH3 is 1. The lowest BCUT2D eigenvalue weighted by Crippen LogP contribution is -2.49. The summed E-state index contributed by atoms with van der Waals surface area (Å²) in [6, 6.07) is 3.59. The Kier molecular flexibility index (Phi) is 10.7. The van der Waals surface area contributed by atoms with Gasteiger partial charge in [-0.1, -0.05) is 21.1 Å². The Hall–Kier alpha value is -1.16. The molecule has 10 nitrogen and oxygen atoms in total. The van der Waals surface area contributed by atoms with E-state index in [0.717, 1.165) is 5.56 Å². The Labute approximate surface area is 242 Å². The SMILES string of the molecule is CNC[C@@H](O)c1cc(Br)c(OCCCNC(=O)C2=NO[C@]3(CC(Br)=C(OC)C(Br)=CO3)[C@@H]2O)c(Br)c1. The molecule has 0 unspecified atom stereocenters. The predicted molar refractivity (Wildman–Crippen MR) is 147 cm³/mol. The number of likely N-dealkylation sites (N-methyl/N-ethyl adjacent to an activating group) is 1. The second kappa shape index (κ2) is 13.1. The van der Waals surface area contributed by atoms with E-state index in [1.807, 2.05) is 0 Å². The highest BCUT2D eigenvalue weighted by atomic mass is 79.9. The highest BCUT2D eigenvalue weighted by molar-refractivity contribution is 9.12. The van der Waals surface area contributed by atoms with Gasteiger partial charge in [0.15, 0.2) is 11.8 Å². The third kappa shape index (κ3) is 6.63. The number of ether oxygens (including phenoxy) is 3. The van der Waals surface area contributed by atoms with Gasteiger partial charge in [-0.15, -0.1) is 0 Å². The number of aliphatic hydroxyl groups excluding tert-OH is 2. The van der Waals surface area contributed by atoms with Crippen LogP contribution in [0.2, 0.25) is 0 Å². The molecule has 3 atom stereocenters. The average Bonchev–Trinajstić information content (AvgIpc) is 3.08. The van der Waals surface area contributed by atoms with E-state index in [2.05, 4.69) is 79.5 Å². The molecule has 3 rings (SSSR count). The van der Waals surface area contributed by atoms with Crippen LogP contribution in [0.5, 0.6) is 5.75 Å². The van der Waals surface area contributed by atoms with E-state index in [-0.39, 0.29) is 18.7 Å². The minimum atomic E-state index is -1.60. The molecule has 36 heavy (non-hydrogen) atoms. The molecule has 2 aliphatic heterocycles. The first-order chi connectivity index (χ1) is 17.1. The number of rotatable bonds is 10. The molecular weight excluding hydrogens is 738 g/mol. The second-order valence-corrected chi connectivity index (χ2v) is 11.3. The van der Waals surface area contributed by atoms with Crippen molar-refractivity contribution in [1.82, 2.24) is 10.6 Å². The van der Waals surface area contributed by atoms with E-state index in [1.165, 1.54) is 13.4 Å². The summed E-state index contributed by atoms with van der Waals surface area (Å²) >= 11 is 13.7. The Morgan fingerprint density at radius 1 is 1.31 bits per heavy atom. The summed E-state index contributed by atoms with van der Waals surface area (Å²) in [5.74, 6) is -1.11. The fourth-order valence-electron chi connectivity index (χ4n) is 3.46. The summed E-state index contributed by atoms with van der Waals surface area (Å²) in [5, 5.41) is 30.4. The van der Waals surface area contributed by atoms with Crippen molar-refractivity contribution in [2.45, 2.75) is 30.8 Å². The van der Waals surface area contributed by atoms with Crippen LogP contribution in [0.15, 0.2) is 47.2 Å². The molecule has 2 aliphatic rings. The molecule has 198 valence electrons. The molecule has 4 N–H and O–H groups in total. The van der Waals surface area contributed by atoms with Gasteiger partial charge in [0.25, 0.3) is 5.91 Å². The number of hydrogen-bond acceptors (Lipinski definition) is 9. The van der Waals surface area contributed by atoms with Crippen molar-refractivity contribution in [3.63, 3.8) is 0 Å². The number of hydrogen-bond donors (Lipinski definition) is 4. The van der Waals surface area contributed by atoms with Crippen LogP contribution in [0.1, 0.15) is 24.5 Å². The highest BCUT2D eigenvalue weighted by Crippen LogP contribution is 2.41. The van der Waals surface area contributed by atoms with Crippen LogP contribution in [-0.4, -0.2) is 67.6 Å². The number of carbonyl (C=O) groups excluding carboxylic acids is 1. The maximum Gasteiger partial charge on any atom is 0.311 e. The molecule has 1 aromatic rings. The van der Waals surface area contributed by atoms with Crippen LogP contribution in [0.3, 0.4) is 0 Å². The van der Waals surface area contributed by atoms with Gasteiger partial charge in [0.05, 0.1) is 39.7 Å². The molecule has 1 spiro atoms. The number of aliphatic hydroxyl groups is 2. The summed E-state index contributed by atoms with van der Waals surface area (Å²) in [5.41, 5.74) is 0.544. The molecule has 0 aromatic heterocycles. The maximum absolute atomic E-state index is 12.6. The van der Waals surface area contributed by atoms with Gasteiger partial charge < -0.3 is 39.9 Å². The van der Waals surface area contributed by atoms with Gasteiger partial charge in [-0.2, -0.15) is 0 Å². The van der Waals surface area contributed by atoms with Crippen molar-refractivity contribution in [3.05, 3.63) is 47.6 Å². The first-order valence-electron chi connectivity index (χ1n) is 10.8. The monoisotopic (exact) mass is 759 g/mol. The number of nitrogens with zero attached hydrogens (tertiary/aromatic N) is 1. The number of benzene rings is 1. The smallest absolute Gasteiger partial charge is 0.311 e. The van der Waals surface area contributed by atoms with Gasteiger partial charge in [0.2, 0.25) is 0 Å². The molecule has 0 fully saturated rings. The Morgan fingerprint density at radius 2 is 2.00 bits per heavy atom. The molecule has 2 heterocycles. The number of nitrogens with one attached hydrogen (secondary N) is 2. The van der Waals surface area contributed by atoms with Crippen molar-refractivity contribution in [3.8, 4) is 5.75 Å². The molecule has 0 aliphatic carbocycles. The second-order valence-electron chi connectivity index (χ2n) is 7.83. The minimum Gasteiger partial charge on any atom is -0.495 e. The molecular formula is C22H25Br4N3O7. The van der Waals surface area contributed by atoms with Crippen molar-refractivity contribution < 1.29 is 34.1 Å². The number of allylic oxidation sites excluding steroid dienone is 1. The third-order valence-electron chi connectivity index (χ3n) is 5.29. The Balaban J connectivity index is 1.50. The largest absolute Gasteiger partial charge is 0.495 e. The van der Waals surface area contributed by atoms with E-state index >= 15 is 0 Å². The van der Waals surface area contributed by atoms with E-state index in [1.54, 1.807) is 19.2 Å². The summed E-state index contributed by atoms with van der Waals surface area (Å²) in [6.07, 6.45) is -0.205. The van der Waals surface area contributed by atoms with Crippen LogP contribution < -0.4 is 15.4 Å². The number of carbonyl (C=O) groups is 1. The fraction of sp³-hybridized carbons (Fsp3) is 0.455. The van der Waals surface area contributed by atoms with Crippen LogP contribution in [-0.2, 0) is 19.1 Å². The Bertz CT molecular complexity index is 1060. The zero-order chi connectivity index (χ0) is 26.5. The van der Waals surface area contributed by atoms with Crippen molar-refractivity contribution >= 4 is 75.3 Å². The fourth-order valence-corrected chi connectivity index (χ4v) is 6.43. The number of oxime groups is 1. The normalized spacial score (nSPS) is 22.3. The summed E-state index contributed by atoms with van der Waals surface area (Å²) in [4.78, 5) is 18.0. The minimum absolute atomic E-state index is 0.0611. The summed E-state index contributed by atoms with van der Waals surface area (Å²) in [6.45, 7) is 1.01. The molecule has 0 saturated heterocycles. The number of halogens is 4. The van der Waals surface area contributed by atoms with Gasteiger partial charge >= 0.3 is 5.79 Å². The quantitative estimate of drug-likeness (QED) is 0.266. The zero-order valence-corrected chi connectivity index (χ0v) is 25.7. The standard InChI is InChI=1S/C22H25Br4N3O7/c1-27-9-16(30)11-6-12(23)19(13(24)7-11)34-5-3-4-28-21(32)17-20(31)22(36-29-17)8-14(25)18(33-2)15(26)10-35-22/h6-7,10,16,20,27,30-31H,3-5,8-9H2,1-2H3,(H,28,32)/t16-,20-,22-/m1/s1. The maximum atomic E-state index is 12.6. The average molecular weight is 763 g/mol. The van der Waals surface area contributed by atoms with E-state index in [0.29, 0.717) is 49.0 Å². The van der Waals surface area contributed by atoms with Crippen LogP contribution in [0, 0.1) is 0 Å². The van der Waals surface area contributed by atoms with Gasteiger partial charge in [-0.05, 0) is 79.0 Å². The van der Waals surface area contributed by atoms with Gasteiger partial charge in [0, 0.05) is 17.6 Å². The lowest BCUT2D eigenvalue weighted by atomic mass is 10.0. The summed E-state index contributed by atoms with van der Waals surface area (Å²) in [7, 11) is 3.26. The lowest BCUT2D eigenvalue weighted by molar-refractivity contribution is -0.225. The first-order valence-corrected chi connectivity index (χ1v) is 13.9. The van der Waals surface area contributed by atoms with E-state index < -0.39 is 23.9 Å². The van der Waals surface area contributed by atoms with Crippen molar-refractivity contribution in [1.29, 1.82) is 0 Å². The topological polar surface area (TPSA) is 131 Å². The first kappa shape index (κ1) is 29.4. The van der Waals surface area contributed by atoms with E-state index in [9.17, 15) is 15.0 Å². The van der Waals surface area contributed by atoms with Gasteiger partial charge in [-0.3, -0.25) is 4.79 Å². The van der Waals surface area contributed by atoms with E-state index in [4.69, 9.17) is 19.0 Å². The van der Waals surface area contributed by atoms with Gasteiger partial charge in [0.1, 0.15) is 17.8 Å². The van der Waals surface area contributed by atoms with Gasteiger partial charge in [-0.25, -0.2) is 0 Å². The molecule has 1 amide bonds. The lowest BCUT2D eigenvalue weighted by Gasteiger charge is -2.27. The molecule has 14 heteroatoms. The number of amides is 1. The molecule has 1 aromatic carbocycles. The summed E-state index contributed by atoms with van der Waals surface area (Å²) < 4.78 is 19.2. The highest BCUT2D eigenvalue weighted by Gasteiger charge is 2.54. The third-order valence-corrected chi connectivity index (χ3v) is 7.66. The molecule has 0 radical (unpaired) electrons. The molecule has 0 bridgehead atoms. The van der Waals surface area contributed by atoms with Crippen molar-refractivity contribution in [2.75, 3.05) is 33.9 Å². The molecule has 0 saturated carbocycles. The zero-order valence-electron chi connectivity index (χ0n) is 19.3.